The maximum Gasteiger partial charge on any atom is 0.0724 e. The lowest BCUT2D eigenvalue weighted by molar-refractivity contribution is -0.0251. The van der Waals surface area contributed by atoms with Crippen molar-refractivity contribution >= 4 is 0 Å². The molecule has 4 nitrogen and oxygen atoms in total. The van der Waals surface area contributed by atoms with E-state index in [0.717, 1.165) is 32.5 Å². The second-order valence-corrected chi connectivity index (χ2v) is 9.13. The fraction of sp³-hybridized carbons (Fsp3) is 0.727. The zero-order valence-electron chi connectivity index (χ0n) is 17.3. The highest BCUT2D eigenvalue weighted by Crippen LogP contribution is 2.19. The number of hydrogen-bond donors (Lipinski definition) is 1. The molecule has 0 amide bonds. The first kappa shape index (κ1) is 21.4. The molecule has 0 unspecified atom stereocenters. The number of aliphatic hydroxyl groups is 1. The van der Waals surface area contributed by atoms with Crippen molar-refractivity contribution in [2.45, 2.75) is 84.3 Å². The van der Waals surface area contributed by atoms with E-state index in [9.17, 15) is 5.11 Å². The quantitative estimate of drug-likeness (QED) is 0.754. The number of rotatable bonds is 8. The van der Waals surface area contributed by atoms with Gasteiger partial charge in [0.25, 0.3) is 0 Å². The number of piperidine rings is 1. The summed E-state index contributed by atoms with van der Waals surface area (Å²) in [5.74, 6) is 0. The Balaban J connectivity index is 1.73. The van der Waals surface area contributed by atoms with Gasteiger partial charge in [0, 0.05) is 26.2 Å². The van der Waals surface area contributed by atoms with Gasteiger partial charge < -0.3 is 14.6 Å². The maximum absolute atomic E-state index is 9.76. The lowest BCUT2D eigenvalue weighted by atomic mass is 10.0. The summed E-state index contributed by atoms with van der Waals surface area (Å²) in [6.45, 7) is 14.4. The van der Waals surface area contributed by atoms with E-state index < -0.39 is 5.60 Å². The van der Waals surface area contributed by atoms with E-state index in [0.29, 0.717) is 25.7 Å². The monoisotopic (exact) mass is 363 g/mol. The van der Waals surface area contributed by atoms with Crippen molar-refractivity contribution in [3.63, 3.8) is 0 Å². The zero-order valence-corrected chi connectivity index (χ0v) is 17.3. The highest BCUT2D eigenvalue weighted by molar-refractivity contribution is 5.23. The molecular formula is C22H37NO3. The van der Waals surface area contributed by atoms with Crippen LogP contribution in [0.4, 0.5) is 0 Å². The van der Waals surface area contributed by atoms with Crippen molar-refractivity contribution in [3.05, 3.63) is 35.4 Å². The number of nitrogens with zero attached hydrogens (tertiary/aromatic N) is 1. The van der Waals surface area contributed by atoms with Crippen molar-refractivity contribution < 1.29 is 14.6 Å². The molecule has 1 fully saturated rings. The summed E-state index contributed by atoms with van der Waals surface area (Å²) in [6.07, 6.45) is 3.16. The third-order valence-corrected chi connectivity index (χ3v) is 4.67. The van der Waals surface area contributed by atoms with E-state index in [1.54, 1.807) is 0 Å². The van der Waals surface area contributed by atoms with Crippen LogP contribution < -0.4 is 0 Å². The summed E-state index contributed by atoms with van der Waals surface area (Å²) >= 11 is 0. The number of hydrogen-bond acceptors (Lipinski definition) is 4. The molecule has 1 saturated heterocycles. The molecule has 1 aliphatic heterocycles. The van der Waals surface area contributed by atoms with Crippen LogP contribution in [0.15, 0.2) is 24.3 Å². The summed E-state index contributed by atoms with van der Waals surface area (Å²) in [7, 11) is 0. The van der Waals surface area contributed by atoms with Crippen LogP contribution in [-0.2, 0) is 22.6 Å². The summed E-state index contributed by atoms with van der Waals surface area (Å²) in [5, 5.41) is 9.76. The summed E-state index contributed by atoms with van der Waals surface area (Å²) in [5.41, 5.74) is 1.84. The largest absolute Gasteiger partial charge is 0.390 e. The van der Waals surface area contributed by atoms with E-state index in [2.05, 4.69) is 49.9 Å². The Kier molecular flexibility index (Phi) is 7.65. The molecule has 0 aromatic heterocycles. The van der Waals surface area contributed by atoms with Gasteiger partial charge >= 0.3 is 0 Å². The first-order valence-corrected chi connectivity index (χ1v) is 9.89. The summed E-state index contributed by atoms with van der Waals surface area (Å²) in [6, 6.07) is 8.73. The molecule has 1 aromatic carbocycles. The highest BCUT2D eigenvalue weighted by atomic mass is 16.5. The fourth-order valence-electron chi connectivity index (χ4n) is 3.09. The third-order valence-electron chi connectivity index (χ3n) is 4.67. The van der Waals surface area contributed by atoms with Gasteiger partial charge in [-0.1, -0.05) is 24.3 Å². The standard InChI is InChI=1S/C22H37NO3/c1-21(2,3)26-17-19-8-6-7-18(15-19)16-23-12-9-20(10-13-23)25-14-11-22(4,5)24/h6-8,15,20,24H,9-14,16-17H2,1-5H3. The molecule has 0 atom stereocenters. The van der Waals surface area contributed by atoms with Crippen LogP contribution in [0.5, 0.6) is 0 Å². The van der Waals surface area contributed by atoms with E-state index in [1.807, 2.05) is 13.8 Å². The van der Waals surface area contributed by atoms with Crippen LogP contribution in [0.3, 0.4) is 0 Å². The minimum absolute atomic E-state index is 0.108. The normalized spacial score (nSPS) is 17.6. The average molecular weight is 364 g/mol. The molecule has 1 aromatic rings. The van der Waals surface area contributed by atoms with Gasteiger partial charge in [-0.2, -0.15) is 0 Å². The predicted molar refractivity (Wildman–Crippen MR) is 106 cm³/mol. The fourth-order valence-corrected chi connectivity index (χ4v) is 3.09. The molecule has 0 saturated carbocycles. The van der Waals surface area contributed by atoms with Gasteiger partial charge in [0.2, 0.25) is 0 Å². The Bertz CT molecular complexity index is 537. The van der Waals surface area contributed by atoms with Crippen LogP contribution in [0, 0.1) is 0 Å². The minimum atomic E-state index is -0.636. The van der Waals surface area contributed by atoms with Crippen LogP contribution in [-0.4, -0.2) is 47.0 Å². The lowest BCUT2D eigenvalue weighted by Crippen LogP contribution is -2.37. The number of likely N-dealkylation sites (tertiary alicyclic amines) is 1. The molecule has 2 rings (SSSR count). The van der Waals surface area contributed by atoms with Gasteiger partial charge in [-0.05, 0) is 65.0 Å². The zero-order chi connectivity index (χ0) is 19.2. The van der Waals surface area contributed by atoms with Gasteiger partial charge in [0.05, 0.1) is 23.9 Å². The van der Waals surface area contributed by atoms with E-state index in [-0.39, 0.29) is 5.60 Å². The average Bonchev–Trinajstić information content (AvgIpc) is 2.53. The van der Waals surface area contributed by atoms with Gasteiger partial charge in [0.15, 0.2) is 0 Å². The summed E-state index contributed by atoms with van der Waals surface area (Å²) < 4.78 is 11.8. The molecule has 26 heavy (non-hydrogen) atoms. The number of benzene rings is 1. The minimum Gasteiger partial charge on any atom is -0.390 e. The molecule has 148 valence electrons. The Morgan fingerprint density at radius 2 is 1.73 bits per heavy atom. The highest BCUT2D eigenvalue weighted by Gasteiger charge is 2.21. The maximum atomic E-state index is 9.76. The SMILES string of the molecule is CC(C)(O)CCOC1CCN(Cc2cccc(COC(C)(C)C)c2)CC1. The predicted octanol–water partition coefficient (Wildman–Crippen LogP) is 4.14. The van der Waals surface area contributed by atoms with Crippen molar-refractivity contribution in [1.29, 1.82) is 0 Å². The first-order valence-electron chi connectivity index (χ1n) is 9.89. The van der Waals surface area contributed by atoms with Crippen LogP contribution in [0.25, 0.3) is 0 Å². The lowest BCUT2D eigenvalue weighted by Gasteiger charge is -2.32. The molecule has 1 aliphatic rings. The van der Waals surface area contributed by atoms with Crippen LogP contribution in [0.2, 0.25) is 0 Å². The molecule has 0 bridgehead atoms. The second-order valence-electron chi connectivity index (χ2n) is 9.13. The van der Waals surface area contributed by atoms with E-state index in [4.69, 9.17) is 9.47 Å². The van der Waals surface area contributed by atoms with E-state index >= 15 is 0 Å². The second kappa shape index (κ2) is 9.32. The van der Waals surface area contributed by atoms with Crippen LogP contribution >= 0.6 is 0 Å². The Morgan fingerprint density at radius 3 is 2.35 bits per heavy atom. The van der Waals surface area contributed by atoms with Gasteiger partial charge in [0.1, 0.15) is 0 Å². The third kappa shape index (κ3) is 8.63. The van der Waals surface area contributed by atoms with Gasteiger partial charge in [-0.25, -0.2) is 0 Å². The summed E-state index contributed by atoms with van der Waals surface area (Å²) in [4.78, 5) is 2.50. The molecule has 0 aliphatic carbocycles. The van der Waals surface area contributed by atoms with Crippen molar-refractivity contribution in [1.82, 2.24) is 4.90 Å². The molecule has 0 spiro atoms. The molecule has 0 radical (unpaired) electrons. The molecule has 1 heterocycles. The Morgan fingerprint density at radius 1 is 1.08 bits per heavy atom. The van der Waals surface area contributed by atoms with Crippen molar-refractivity contribution in [2.75, 3.05) is 19.7 Å². The van der Waals surface area contributed by atoms with Crippen molar-refractivity contribution in [2.24, 2.45) is 0 Å². The van der Waals surface area contributed by atoms with Crippen molar-refractivity contribution in [3.8, 4) is 0 Å². The molecule has 4 heteroatoms. The topological polar surface area (TPSA) is 41.9 Å². The van der Waals surface area contributed by atoms with E-state index in [1.165, 1.54) is 11.1 Å². The smallest absolute Gasteiger partial charge is 0.0724 e. The molecule has 1 N–H and O–H groups in total. The Labute approximate surface area is 159 Å². The molecular weight excluding hydrogens is 326 g/mol. The van der Waals surface area contributed by atoms with Gasteiger partial charge in [-0.15, -0.1) is 0 Å². The first-order chi connectivity index (χ1) is 12.1. The Hall–Kier alpha value is -0.940. The van der Waals surface area contributed by atoms with Gasteiger partial charge in [-0.3, -0.25) is 4.90 Å². The van der Waals surface area contributed by atoms with Crippen LogP contribution in [0.1, 0.15) is 65.0 Å². The number of ether oxygens (including phenoxy) is 2.